The number of fused-ring (bicyclic) bond motifs is 1. The van der Waals surface area contributed by atoms with Gasteiger partial charge < -0.3 is 10.2 Å². The summed E-state index contributed by atoms with van der Waals surface area (Å²) in [4.78, 5) is 4.56. The van der Waals surface area contributed by atoms with Gasteiger partial charge >= 0.3 is 0 Å². The van der Waals surface area contributed by atoms with Crippen molar-refractivity contribution in [1.29, 1.82) is 0 Å². The summed E-state index contributed by atoms with van der Waals surface area (Å²) in [5, 5.41) is 0. The van der Waals surface area contributed by atoms with Crippen molar-refractivity contribution >= 4 is 16.8 Å². The second-order valence-corrected chi connectivity index (χ2v) is 4.95. The van der Waals surface area contributed by atoms with E-state index in [1.807, 2.05) is 44.2 Å². The van der Waals surface area contributed by atoms with E-state index in [1.54, 1.807) is 0 Å². The van der Waals surface area contributed by atoms with Gasteiger partial charge in [0.15, 0.2) is 5.58 Å². The number of rotatable bonds is 1. The van der Waals surface area contributed by atoms with Gasteiger partial charge in [-0.2, -0.15) is 0 Å². The van der Waals surface area contributed by atoms with Crippen LogP contribution in [-0.4, -0.2) is 4.98 Å². The largest absolute Gasteiger partial charge is 0.436 e. The summed E-state index contributed by atoms with van der Waals surface area (Å²) in [7, 11) is 0. The van der Waals surface area contributed by atoms with E-state index in [1.165, 1.54) is 0 Å². The molecule has 0 aliphatic rings. The standard InChI is InChI=1S/C16H16N2O/c1-9-5-4-6-14-15(9)19-16(18-14)13-8-12(17)7-10(2)11(13)3/h4-8H,17H2,1-3H3. The van der Waals surface area contributed by atoms with Crippen molar-refractivity contribution in [2.45, 2.75) is 20.8 Å². The van der Waals surface area contributed by atoms with E-state index in [0.717, 1.165) is 39.0 Å². The summed E-state index contributed by atoms with van der Waals surface area (Å²) in [6, 6.07) is 9.86. The Morgan fingerprint density at radius 3 is 2.58 bits per heavy atom. The number of aromatic nitrogens is 1. The molecule has 0 amide bonds. The normalized spacial score (nSPS) is 11.1. The van der Waals surface area contributed by atoms with Gasteiger partial charge in [0.2, 0.25) is 5.89 Å². The highest BCUT2D eigenvalue weighted by atomic mass is 16.3. The fourth-order valence-electron chi connectivity index (χ4n) is 2.31. The molecule has 3 aromatic rings. The molecule has 2 N–H and O–H groups in total. The minimum absolute atomic E-state index is 0.636. The molecule has 2 aromatic carbocycles. The maximum absolute atomic E-state index is 5.92. The highest BCUT2D eigenvalue weighted by molar-refractivity contribution is 5.80. The molecule has 0 unspecified atom stereocenters. The van der Waals surface area contributed by atoms with Crippen LogP contribution in [0, 0.1) is 20.8 Å². The molecule has 3 nitrogen and oxygen atoms in total. The van der Waals surface area contributed by atoms with E-state index in [9.17, 15) is 0 Å². The molecule has 1 aromatic heterocycles. The van der Waals surface area contributed by atoms with E-state index in [-0.39, 0.29) is 0 Å². The zero-order chi connectivity index (χ0) is 13.6. The molecule has 0 radical (unpaired) electrons. The van der Waals surface area contributed by atoms with Crippen molar-refractivity contribution in [3.05, 3.63) is 47.0 Å². The summed E-state index contributed by atoms with van der Waals surface area (Å²) in [5.74, 6) is 0.636. The highest BCUT2D eigenvalue weighted by Crippen LogP contribution is 2.31. The van der Waals surface area contributed by atoms with Crippen molar-refractivity contribution in [3.63, 3.8) is 0 Å². The van der Waals surface area contributed by atoms with Crippen molar-refractivity contribution < 1.29 is 4.42 Å². The van der Waals surface area contributed by atoms with Gasteiger partial charge in [-0.25, -0.2) is 4.98 Å². The topological polar surface area (TPSA) is 52.0 Å². The molecule has 1 heterocycles. The molecule has 19 heavy (non-hydrogen) atoms. The van der Waals surface area contributed by atoms with Crippen molar-refractivity contribution in [3.8, 4) is 11.5 Å². The first-order chi connectivity index (χ1) is 9.06. The first-order valence-corrected chi connectivity index (χ1v) is 6.29. The number of anilines is 1. The minimum atomic E-state index is 0.636. The van der Waals surface area contributed by atoms with E-state index < -0.39 is 0 Å². The molecular weight excluding hydrogens is 236 g/mol. The molecule has 0 aliphatic carbocycles. The Labute approximate surface area is 112 Å². The number of hydrogen-bond acceptors (Lipinski definition) is 3. The number of nitrogens with zero attached hydrogens (tertiary/aromatic N) is 1. The molecule has 0 saturated heterocycles. The van der Waals surface area contributed by atoms with Crippen molar-refractivity contribution in [2.75, 3.05) is 5.73 Å². The summed E-state index contributed by atoms with van der Waals surface area (Å²) in [6.07, 6.45) is 0. The maximum Gasteiger partial charge on any atom is 0.227 e. The fourth-order valence-corrected chi connectivity index (χ4v) is 2.31. The molecule has 0 bridgehead atoms. The SMILES string of the molecule is Cc1cc(N)cc(-c2nc3cccc(C)c3o2)c1C. The van der Waals surface area contributed by atoms with Crippen LogP contribution in [0.1, 0.15) is 16.7 Å². The first kappa shape index (κ1) is 11.8. The number of nitrogens with two attached hydrogens (primary N) is 1. The Morgan fingerprint density at radius 2 is 1.84 bits per heavy atom. The quantitative estimate of drug-likeness (QED) is 0.666. The van der Waals surface area contributed by atoms with E-state index in [4.69, 9.17) is 10.2 Å². The van der Waals surface area contributed by atoms with Gasteiger partial charge in [-0.1, -0.05) is 12.1 Å². The second-order valence-electron chi connectivity index (χ2n) is 4.95. The number of hydrogen-bond donors (Lipinski definition) is 1. The number of aryl methyl sites for hydroxylation is 2. The molecule has 3 rings (SSSR count). The third-order valence-electron chi connectivity index (χ3n) is 3.53. The summed E-state index contributed by atoms with van der Waals surface area (Å²) in [5.41, 5.74) is 12.7. The lowest BCUT2D eigenvalue weighted by Gasteiger charge is -2.06. The smallest absolute Gasteiger partial charge is 0.227 e. The van der Waals surface area contributed by atoms with E-state index >= 15 is 0 Å². The lowest BCUT2D eigenvalue weighted by Crippen LogP contribution is -1.92. The van der Waals surface area contributed by atoms with Gasteiger partial charge in [0, 0.05) is 11.3 Å². The lowest BCUT2D eigenvalue weighted by atomic mass is 10.0. The van der Waals surface area contributed by atoms with Crippen LogP contribution in [0.5, 0.6) is 0 Å². The van der Waals surface area contributed by atoms with Gasteiger partial charge in [-0.05, 0) is 55.7 Å². The van der Waals surface area contributed by atoms with Crippen LogP contribution in [0.3, 0.4) is 0 Å². The zero-order valence-electron chi connectivity index (χ0n) is 11.3. The monoisotopic (exact) mass is 252 g/mol. The van der Waals surface area contributed by atoms with Gasteiger partial charge in [0.25, 0.3) is 0 Å². The first-order valence-electron chi connectivity index (χ1n) is 6.29. The van der Waals surface area contributed by atoms with Crippen LogP contribution in [0.15, 0.2) is 34.7 Å². The number of benzene rings is 2. The Bertz CT molecular complexity index is 772. The molecule has 0 atom stereocenters. The molecule has 0 aliphatic heterocycles. The van der Waals surface area contributed by atoms with Crippen LogP contribution in [0.4, 0.5) is 5.69 Å². The number of oxazole rings is 1. The molecule has 0 fully saturated rings. The molecule has 96 valence electrons. The molecular formula is C16H16N2O. The Kier molecular flexibility index (Phi) is 2.56. The van der Waals surface area contributed by atoms with Crippen LogP contribution in [0.2, 0.25) is 0 Å². The Morgan fingerprint density at radius 1 is 1.05 bits per heavy atom. The predicted octanol–water partition coefficient (Wildman–Crippen LogP) is 4.00. The average molecular weight is 252 g/mol. The van der Waals surface area contributed by atoms with Crippen LogP contribution in [0.25, 0.3) is 22.6 Å². The zero-order valence-corrected chi connectivity index (χ0v) is 11.3. The minimum Gasteiger partial charge on any atom is -0.436 e. The maximum atomic E-state index is 5.92. The second kappa shape index (κ2) is 4.12. The summed E-state index contributed by atoms with van der Waals surface area (Å²) < 4.78 is 5.91. The fraction of sp³-hybridized carbons (Fsp3) is 0.188. The number of para-hydroxylation sites is 1. The van der Waals surface area contributed by atoms with Crippen LogP contribution < -0.4 is 5.73 Å². The van der Waals surface area contributed by atoms with E-state index in [2.05, 4.69) is 11.9 Å². The van der Waals surface area contributed by atoms with Gasteiger partial charge in [-0.15, -0.1) is 0 Å². The van der Waals surface area contributed by atoms with Crippen LogP contribution >= 0.6 is 0 Å². The van der Waals surface area contributed by atoms with Gasteiger partial charge in [0.1, 0.15) is 5.52 Å². The average Bonchev–Trinajstić information content (AvgIpc) is 2.79. The molecule has 0 spiro atoms. The van der Waals surface area contributed by atoms with Gasteiger partial charge in [0.05, 0.1) is 0 Å². The highest BCUT2D eigenvalue weighted by Gasteiger charge is 2.13. The molecule has 0 saturated carbocycles. The van der Waals surface area contributed by atoms with Crippen molar-refractivity contribution in [1.82, 2.24) is 4.98 Å². The third kappa shape index (κ3) is 1.87. The predicted molar refractivity (Wildman–Crippen MR) is 78.1 cm³/mol. The summed E-state index contributed by atoms with van der Waals surface area (Å²) in [6.45, 7) is 6.13. The van der Waals surface area contributed by atoms with Gasteiger partial charge in [-0.3, -0.25) is 0 Å². The summed E-state index contributed by atoms with van der Waals surface area (Å²) >= 11 is 0. The Balaban J connectivity index is 2.28. The van der Waals surface area contributed by atoms with E-state index in [0.29, 0.717) is 5.89 Å². The number of nitrogen functional groups attached to an aromatic ring is 1. The molecule has 3 heteroatoms. The third-order valence-corrected chi connectivity index (χ3v) is 3.53. The lowest BCUT2D eigenvalue weighted by molar-refractivity contribution is 0.617. The van der Waals surface area contributed by atoms with Crippen LogP contribution in [-0.2, 0) is 0 Å². The Hall–Kier alpha value is -2.29. The van der Waals surface area contributed by atoms with Crippen molar-refractivity contribution in [2.24, 2.45) is 0 Å².